The summed E-state index contributed by atoms with van der Waals surface area (Å²) in [4.78, 5) is 0. The molecule has 166 valence electrons. The summed E-state index contributed by atoms with van der Waals surface area (Å²) in [6.07, 6.45) is 0. The number of benzene rings is 6. The van der Waals surface area contributed by atoms with Crippen molar-refractivity contribution in [3.8, 4) is 22.3 Å². The van der Waals surface area contributed by atoms with Crippen LogP contribution in [0.1, 0.15) is 5.56 Å². The van der Waals surface area contributed by atoms with Gasteiger partial charge in [0, 0.05) is 32.3 Å². The van der Waals surface area contributed by atoms with E-state index < -0.39 is 0 Å². The van der Waals surface area contributed by atoms with Gasteiger partial charge >= 0.3 is 0 Å². The molecule has 3 aromatic heterocycles. The van der Waals surface area contributed by atoms with Gasteiger partial charge < -0.3 is 4.40 Å². The van der Waals surface area contributed by atoms with Crippen molar-refractivity contribution in [2.24, 2.45) is 0 Å². The first-order valence-corrected chi connectivity index (χ1v) is 12.6. The molecule has 1 heteroatoms. The van der Waals surface area contributed by atoms with Gasteiger partial charge in [0.05, 0.1) is 16.6 Å². The number of fused-ring (bicyclic) bond motifs is 5. The first kappa shape index (κ1) is 18.7. The Hall–Kier alpha value is -4.62. The largest absolute Gasteiger partial charge is 0.307 e. The van der Waals surface area contributed by atoms with Gasteiger partial charge in [-0.1, -0.05) is 84.9 Å². The molecule has 0 saturated carbocycles. The standard InChI is InChI=1S/C35H21N/c1-20-14-15-22(21-8-3-2-4-9-21)16-28(20)24-18-29-26-12-7-13-27-30-17-23-10-5-6-11-25(23)32-31(19-24)34(29)36(33(26)27)35(30)32/h2-19H,1H3. The molecule has 0 atom stereocenters. The van der Waals surface area contributed by atoms with Crippen LogP contribution in [-0.2, 0) is 0 Å². The van der Waals surface area contributed by atoms with Crippen LogP contribution in [0.25, 0.3) is 81.9 Å². The number of para-hydroxylation sites is 1. The summed E-state index contributed by atoms with van der Waals surface area (Å²) in [5, 5.41) is 10.8. The second-order valence-electron chi connectivity index (χ2n) is 10.2. The summed E-state index contributed by atoms with van der Waals surface area (Å²) in [5.74, 6) is 0. The van der Waals surface area contributed by atoms with Crippen LogP contribution in [0.3, 0.4) is 0 Å². The summed E-state index contributed by atoms with van der Waals surface area (Å²) >= 11 is 0. The molecule has 0 aliphatic carbocycles. The Morgan fingerprint density at radius 3 is 2.00 bits per heavy atom. The van der Waals surface area contributed by atoms with E-state index in [2.05, 4.69) is 121 Å². The fraction of sp³-hybridized carbons (Fsp3) is 0.0286. The molecule has 0 aliphatic heterocycles. The smallest absolute Gasteiger partial charge is 0.0627 e. The van der Waals surface area contributed by atoms with E-state index in [1.54, 1.807) is 0 Å². The van der Waals surface area contributed by atoms with Gasteiger partial charge in [-0.15, -0.1) is 0 Å². The zero-order valence-corrected chi connectivity index (χ0v) is 19.8. The minimum Gasteiger partial charge on any atom is -0.307 e. The molecule has 6 aromatic carbocycles. The molecular formula is C35H21N. The summed E-state index contributed by atoms with van der Waals surface area (Å²) < 4.78 is 2.55. The van der Waals surface area contributed by atoms with Gasteiger partial charge in [0.25, 0.3) is 0 Å². The van der Waals surface area contributed by atoms with Crippen molar-refractivity contribution in [3.63, 3.8) is 0 Å². The molecule has 0 radical (unpaired) electrons. The van der Waals surface area contributed by atoms with Gasteiger partial charge in [-0.2, -0.15) is 0 Å². The molecule has 0 bridgehead atoms. The van der Waals surface area contributed by atoms with E-state index in [1.165, 1.54) is 87.5 Å². The van der Waals surface area contributed by atoms with Crippen LogP contribution >= 0.6 is 0 Å². The number of aryl methyl sites for hydroxylation is 1. The van der Waals surface area contributed by atoms with E-state index in [4.69, 9.17) is 0 Å². The summed E-state index contributed by atoms with van der Waals surface area (Å²) in [5.41, 5.74) is 10.5. The number of hydrogen-bond acceptors (Lipinski definition) is 0. The first-order valence-electron chi connectivity index (χ1n) is 12.6. The summed E-state index contributed by atoms with van der Waals surface area (Å²) in [6.45, 7) is 2.23. The highest BCUT2D eigenvalue weighted by Crippen LogP contribution is 2.50. The van der Waals surface area contributed by atoms with Crippen molar-refractivity contribution in [2.45, 2.75) is 6.92 Å². The Kier molecular flexibility index (Phi) is 3.28. The maximum atomic E-state index is 2.55. The average molecular weight is 456 g/mol. The Morgan fingerprint density at radius 2 is 1.14 bits per heavy atom. The molecule has 0 aliphatic rings. The summed E-state index contributed by atoms with van der Waals surface area (Å²) in [7, 11) is 0. The topological polar surface area (TPSA) is 4.41 Å². The predicted molar refractivity (Wildman–Crippen MR) is 154 cm³/mol. The highest BCUT2D eigenvalue weighted by atomic mass is 14.9. The van der Waals surface area contributed by atoms with E-state index >= 15 is 0 Å². The zero-order chi connectivity index (χ0) is 23.5. The monoisotopic (exact) mass is 455 g/mol. The molecule has 0 unspecified atom stereocenters. The lowest BCUT2D eigenvalue weighted by Gasteiger charge is -2.11. The van der Waals surface area contributed by atoms with E-state index in [1.807, 2.05) is 0 Å². The van der Waals surface area contributed by atoms with Crippen LogP contribution in [0.5, 0.6) is 0 Å². The fourth-order valence-electron chi connectivity index (χ4n) is 6.77. The maximum absolute atomic E-state index is 2.55. The third kappa shape index (κ3) is 2.13. The van der Waals surface area contributed by atoms with Crippen LogP contribution in [0, 0.1) is 6.92 Å². The Balaban J connectivity index is 1.48. The quantitative estimate of drug-likeness (QED) is 0.244. The highest BCUT2D eigenvalue weighted by molar-refractivity contribution is 6.38. The fourth-order valence-corrected chi connectivity index (χ4v) is 6.77. The van der Waals surface area contributed by atoms with Gasteiger partial charge in [0.2, 0.25) is 0 Å². The van der Waals surface area contributed by atoms with Crippen LogP contribution in [-0.4, -0.2) is 4.40 Å². The van der Waals surface area contributed by atoms with Gasteiger partial charge in [-0.05, 0) is 69.8 Å². The number of hydrogen-bond donors (Lipinski definition) is 0. The molecule has 9 rings (SSSR count). The van der Waals surface area contributed by atoms with E-state index in [9.17, 15) is 0 Å². The summed E-state index contributed by atoms with van der Waals surface area (Å²) in [6, 6.07) is 40.5. The van der Waals surface area contributed by atoms with E-state index in [-0.39, 0.29) is 0 Å². The van der Waals surface area contributed by atoms with Crippen molar-refractivity contribution < 1.29 is 0 Å². The zero-order valence-electron chi connectivity index (χ0n) is 19.8. The minimum absolute atomic E-state index is 1.25. The highest BCUT2D eigenvalue weighted by Gasteiger charge is 2.26. The van der Waals surface area contributed by atoms with Gasteiger partial charge in [-0.3, -0.25) is 0 Å². The lowest BCUT2D eigenvalue weighted by atomic mass is 9.93. The van der Waals surface area contributed by atoms with Crippen LogP contribution in [0.4, 0.5) is 0 Å². The molecule has 3 heterocycles. The van der Waals surface area contributed by atoms with Gasteiger partial charge in [0.1, 0.15) is 0 Å². The second-order valence-corrected chi connectivity index (χ2v) is 10.2. The van der Waals surface area contributed by atoms with Gasteiger partial charge in [0.15, 0.2) is 0 Å². The number of aromatic nitrogens is 1. The molecular weight excluding hydrogens is 434 g/mol. The first-order chi connectivity index (χ1) is 17.8. The molecule has 36 heavy (non-hydrogen) atoms. The van der Waals surface area contributed by atoms with Crippen LogP contribution in [0.2, 0.25) is 0 Å². The SMILES string of the molecule is Cc1ccc(-c2ccccc2)cc1-c1cc2c3cccc4c5cc6ccccc6c6c(c1)c2n(c34)c56. The molecule has 0 N–H and O–H groups in total. The minimum atomic E-state index is 1.25. The average Bonchev–Trinajstić information content (AvgIpc) is 3.56. The maximum Gasteiger partial charge on any atom is 0.0627 e. The lowest BCUT2D eigenvalue weighted by Crippen LogP contribution is -1.86. The normalized spacial score (nSPS) is 12.6. The molecule has 9 aromatic rings. The van der Waals surface area contributed by atoms with Crippen molar-refractivity contribution >= 4 is 59.6 Å². The predicted octanol–water partition coefficient (Wildman–Crippen LogP) is 9.66. The van der Waals surface area contributed by atoms with Crippen molar-refractivity contribution in [3.05, 3.63) is 115 Å². The Morgan fingerprint density at radius 1 is 0.444 bits per heavy atom. The van der Waals surface area contributed by atoms with E-state index in [0.717, 1.165) is 0 Å². The van der Waals surface area contributed by atoms with Crippen molar-refractivity contribution in [2.75, 3.05) is 0 Å². The molecule has 0 fully saturated rings. The number of rotatable bonds is 2. The Labute approximate surface area is 207 Å². The van der Waals surface area contributed by atoms with Gasteiger partial charge in [-0.25, -0.2) is 0 Å². The number of nitrogens with zero attached hydrogens (tertiary/aromatic N) is 1. The third-order valence-electron chi connectivity index (χ3n) is 8.34. The lowest BCUT2D eigenvalue weighted by molar-refractivity contribution is 1.41. The molecule has 0 saturated heterocycles. The van der Waals surface area contributed by atoms with Crippen LogP contribution in [0.15, 0.2) is 109 Å². The van der Waals surface area contributed by atoms with Crippen molar-refractivity contribution in [1.82, 2.24) is 4.40 Å². The molecule has 1 nitrogen and oxygen atoms in total. The van der Waals surface area contributed by atoms with E-state index in [0.29, 0.717) is 0 Å². The molecule has 0 spiro atoms. The van der Waals surface area contributed by atoms with Crippen LogP contribution < -0.4 is 0 Å². The Bertz CT molecular complexity index is 2250. The second kappa shape index (κ2) is 6.33. The molecule has 0 amide bonds. The van der Waals surface area contributed by atoms with Crippen molar-refractivity contribution in [1.29, 1.82) is 0 Å². The third-order valence-corrected chi connectivity index (χ3v) is 8.34.